The summed E-state index contributed by atoms with van der Waals surface area (Å²) in [5.74, 6) is 0.0703. The average molecular weight is 460 g/mol. The third-order valence-corrected chi connectivity index (χ3v) is 6.28. The third kappa shape index (κ3) is 3.00. The zero-order valence-electron chi connectivity index (χ0n) is 13.7. The van der Waals surface area contributed by atoms with Gasteiger partial charge in [0.1, 0.15) is 0 Å². The molecule has 126 valence electrons. The molecule has 3 aromatic rings. The Hall–Kier alpha value is -1.73. The first-order chi connectivity index (χ1) is 12.1. The number of amides is 1. The molecular weight excluding hydrogens is 443 g/mol. The van der Waals surface area contributed by atoms with Crippen LogP contribution in [0.25, 0.3) is 0 Å². The highest BCUT2D eigenvalue weighted by Crippen LogP contribution is 2.51. The van der Waals surface area contributed by atoms with Crippen LogP contribution in [0.3, 0.4) is 0 Å². The zero-order valence-corrected chi connectivity index (χ0v) is 16.7. The fourth-order valence-electron chi connectivity index (χ4n) is 3.77. The van der Waals surface area contributed by atoms with Crippen molar-refractivity contribution in [2.24, 2.45) is 5.41 Å². The Bertz CT molecular complexity index is 911. The molecule has 1 aromatic heterocycles. The predicted octanol–water partition coefficient (Wildman–Crippen LogP) is 5.08. The Morgan fingerprint density at radius 3 is 2.80 bits per heavy atom. The van der Waals surface area contributed by atoms with Crippen LogP contribution in [0.4, 0.5) is 5.13 Å². The van der Waals surface area contributed by atoms with Crippen molar-refractivity contribution in [3.8, 4) is 0 Å². The number of carbonyl (C=O) groups excluding carboxylic acids is 1. The van der Waals surface area contributed by atoms with Crippen LogP contribution in [0.5, 0.6) is 0 Å². The average Bonchev–Trinajstić information content (AvgIpc) is 3.21. The lowest BCUT2D eigenvalue weighted by atomic mass is 9.73. The first-order valence-electron chi connectivity index (χ1n) is 8.12. The fourth-order valence-corrected chi connectivity index (χ4v) is 4.80. The molecule has 1 heterocycles. The number of nitrogens with one attached hydrogen (secondary N) is 1. The van der Waals surface area contributed by atoms with E-state index in [1.54, 1.807) is 6.20 Å². The third-order valence-electron chi connectivity index (χ3n) is 4.92. The number of benzene rings is 2. The van der Waals surface area contributed by atoms with Crippen molar-refractivity contribution in [1.82, 2.24) is 4.98 Å². The Morgan fingerprint density at radius 2 is 2.08 bits per heavy atom. The largest absolute Gasteiger partial charge is 0.301 e. The zero-order chi connectivity index (χ0) is 17.4. The van der Waals surface area contributed by atoms with E-state index in [1.807, 2.05) is 23.6 Å². The summed E-state index contributed by atoms with van der Waals surface area (Å²) in [7, 11) is 0. The lowest BCUT2D eigenvalue weighted by Crippen LogP contribution is -2.37. The molecule has 4 rings (SSSR count). The minimum absolute atomic E-state index is 0.0301. The van der Waals surface area contributed by atoms with Crippen LogP contribution in [-0.4, -0.2) is 10.9 Å². The summed E-state index contributed by atoms with van der Waals surface area (Å²) in [6.07, 6.45) is 2.44. The van der Waals surface area contributed by atoms with Crippen LogP contribution < -0.4 is 5.32 Å². The number of hydrogen-bond acceptors (Lipinski definition) is 3. The van der Waals surface area contributed by atoms with Crippen molar-refractivity contribution < 1.29 is 4.79 Å². The molecule has 0 spiro atoms. The standard InChI is InChI=1S/C20H17IN2OS/c1-20(18(24)23-19-22-9-10-25-19)12-14-7-8-15(21)11-16(14)17(20)13-5-3-2-4-6-13/h2-11,17H,12H2,1H3,(H,22,23,24)/t17-,20+/m0/s1. The van der Waals surface area contributed by atoms with E-state index in [-0.39, 0.29) is 11.8 Å². The van der Waals surface area contributed by atoms with Crippen LogP contribution in [0, 0.1) is 8.99 Å². The number of rotatable bonds is 3. The molecular formula is C20H17IN2OS. The van der Waals surface area contributed by atoms with Gasteiger partial charge < -0.3 is 5.32 Å². The molecule has 1 amide bonds. The smallest absolute Gasteiger partial charge is 0.233 e. The Morgan fingerprint density at radius 1 is 1.28 bits per heavy atom. The molecule has 0 bridgehead atoms. The SMILES string of the molecule is C[C@@]1(C(=O)Nc2nccs2)Cc2ccc(I)cc2[C@@H]1c1ccccc1. The molecule has 2 aromatic carbocycles. The van der Waals surface area contributed by atoms with E-state index in [4.69, 9.17) is 0 Å². The van der Waals surface area contributed by atoms with Gasteiger partial charge in [-0.1, -0.05) is 36.4 Å². The maximum absolute atomic E-state index is 13.2. The lowest BCUT2D eigenvalue weighted by Gasteiger charge is -2.31. The number of fused-ring (bicyclic) bond motifs is 1. The minimum Gasteiger partial charge on any atom is -0.301 e. The molecule has 0 saturated carbocycles. The molecule has 25 heavy (non-hydrogen) atoms. The monoisotopic (exact) mass is 460 g/mol. The summed E-state index contributed by atoms with van der Waals surface area (Å²) in [4.78, 5) is 17.4. The number of aromatic nitrogens is 1. The summed E-state index contributed by atoms with van der Waals surface area (Å²) in [6.45, 7) is 2.07. The van der Waals surface area contributed by atoms with E-state index in [0.29, 0.717) is 5.13 Å². The molecule has 2 atom stereocenters. The summed E-state index contributed by atoms with van der Waals surface area (Å²) in [5.41, 5.74) is 3.15. The lowest BCUT2D eigenvalue weighted by molar-refractivity contribution is -0.125. The molecule has 0 saturated heterocycles. The van der Waals surface area contributed by atoms with Gasteiger partial charge in [0.25, 0.3) is 0 Å². The molecule has 3 nitrogen and oxygen atoms in total. The van der Waals surface area contributed by atoms with Gasteiger partial charge in [-0.3, -0.25) is 4.79 Å². The topological polar surface area (TPSA) is 42.0 Å². The van der Waals surface area contributed by atoms with Crippen molar-refractivity contribution in [1.29, 1.82) is 0 Å². The number of carbonyl (C=O) groups is 1. The second kappa shape index (κ2) is 6.53. The first-order valence-corrected chi connectivity index (χ1v) is 10.1. The van der Waals surface area contributed by atoms with Crippen LogP contribution >= 0.6 is 33.9 Å². The Balaban J connectivity index is 1.79. The number of nitrogens with zero attached hydrogens (tertiary/aromatic N) is 1. The van der Waals surface area contributed by atoms with Crippen LogP contribution in [-0.2, 0) is 11.2 Å². The van der Waals surface area contributed by atoms with Gasteiger partial charge in [-0.05, 0) is 64.8 Å². The van der Waals surface area contributed by atoms with E-state index in [0.717, 1.165) is 6.42 Å². The molecule has 1 N–H and O–H groups in total. The molecule has 0 radical (unpaired) electrons. The van der Waals surface area contributed by atoms with E-state index in [2.05, 4.69) is 70.1 Å². The molecule has 1 aliphatic carbocycles. The molecule has 5 heteroatoms. The van der Waals surface area contributed by atoms with Crippen molar-refractivity contribution in [2.75, 3.05) is 5.32 Å². The highest BCUT2D eigenvalue weighted by Gasteiger charge is 2.48. The van der Waals surface area contributed by atoms with Gasteiger partial charge in [-0.25, -0.2) is 4.98 Å². The Kier molecular flexibility index (Phi) is 4.37. The summed E-state index contributed by atoms with van der Waals surface area (Å²) >= 11 is 3.79. The van der Waals surface area contributed by atoms with E-state index >= 15 is 0 Å². The maximum Gasteiger partial charge on any atom is 0.233 e. The molecule has 0 fully saturated rings. The van der Waals surface area contributed by atoms with E-state index in [1.165, 1.54) is 31.6 Å². The van der Waals surface area contributed by atoms with Gasteiger partial charge in [0.05, 0.1) is 5.41 Å². The van der Waals surface area contributed by atoms with Crippen molar-refractivity contribution >= 4 is 45.0 Å². The number of halogens is 1. The van der Waals surface area contributed by atoms with Crippen LogP contribution in [0.2, 0.25) is 0 Å². The number of thiazole rings is 1. The minimum atomic E-state index is -0.542. The first kappa shape index (κ1) is 16.7. The van der Waals surface area contributed by atoms with Gasteiger partial charge in [-0.2, -0.15) is 0 Å². The predicted molar refractivity (Wildman–Crippen MR) is 110 cm³/mol. The number of anilines is 1. The Labute approximate surface area is 164 Å². The van der Waals surface area contributed by atoms with Gasteiger partial charge in [0, 0.05) is 21.1 Å². The van der Waals surface area contributed by atoms with Crippen molar-refractivity contribution in [3.05, 3.63) is 80.4 Å². The van der Waals surface area contributed by atoms with Crippen molar-refractivity contribution in [3.63, 3.8) is 0 Å². The summed E-state index contributed by atoms with van der Waals surface area (Å²) < 4.78 is 1.20. The van der Waals surface area contributed by atoms with Crippen LogP contribution in [0.15, 0.2) is 60.1 Å². The molecule has 0 aliphatic heterocycles. The fraction of sp³-hybridized carbons (Fsp3) is 0.200. The highest BCUT2D eigenvalue weighted by atomic mass is 127. The molecule has 1 aliphatic rings. The van der Waals surface area contributed by atoms with Crippen LogP contribution in [0.1, 0.15) is 29.5 Å². The van der Waals surface area contributed by atoms with Crippen molar-refractivity contribution in [2.45, 2.75) is 19.3 Å². The maximum atomic E-state index is 13.2. The van der Waals surface area contributed by atoms with E-state index in [9.17, 15) is 4.79 Å². The van der Waals surface area contributed by atoms with Gasteiger partial charge >= 0.3 is 0 Å². The highest BCUT2D eigenvalue weighted by molar-refractivity contribution is 14.1. The second-order valence-electron chi connectivity index (χ2n) is 6.57. The second-order valence-corrected chi connectivity index (χ2v) is 8.71. The van der Waals surface area contributed by atoms with Gasteiger partial charge in [0.2, 0.25) is 5.91 Å². The quantitative estimate of drug-likeness (QED) is 0.554. The van der Waals surface area contributed by atoms with Gasteiger partial charge in [0.15, 0.2) is 5.13 Å². The number of hydrogen-bond donors (Lipinski definition) is 1. The summed E-state index contributed by atoms with van der Waals surface area (Å²) in [6, 6.07) is 16.8. The van der Waals surface area contributed by atoms with Gasteiger partial charge in [-0.15, -0.1) is 11.3 Å². The molecule has 0 unspecified atom stereocenters. The normalized spacial score (nSPS) is 21.8. The summed E-state index contributed by atoms with van der Waals surface area (Å²) in [5, 5.41) is 5.55. The van der Waals surface area contributed by atoms with E-state index < -0.39 is 5.41 Å².